The quantitative estimate of drug-likeness (QED) is 0.876. The molecule has 0 spiro atoms. The van der Waals surface area contributed by atoms with Crippen molar-refractivity contribution >= 4 is 0 Å². The van der Waals surface area contributed by atoms with E-state index in [1.807, 2.05) is 30.7 Å². The zero-order valence-electron chi connectivity index (χ0n) is 10.4. The molecule has 3 nitrogen and oxygen atoms in total. The average Bonchev–Trinajstić information content (AvgIpc) is 2.87. The van der Waals surface area contributed by atoms with Crippen LogP contribution in [0.25, 0.3) is 0 Å². The van der Waals surface area contributed by atoms with Crippen LogP contribution in [-0.2, 0) is 0 Å². The van der Waals surface area contributed by atoms with Gasteiger partial charge in [0, 0.05) is 6.04 Å². The van der Waals surface area contributed by atoms with Gasteiger partial charge in [0.25, 0.3) is 0 Å². The Labute approximate surface area is 102 Å². The minimum absolute atomic E-state index is 0.104. The fourth-order valence-corrected chi connectivity index (χ4v) is 1.95. The molecule has 90 valence electrons. The van der Waals surface area contributed by atoms with Crippen LogP contribution in [-0.4, -0.2) is 9.55 Å². The molecular weight excluding hydrogens is 210 g/mol. The fraction of sp³-hybridized carbons (Fsp3) is 0.357. The van der Waals surface area contributed by atoms with Gasteiger partial charge in [-0.3, -0.25) is 0 Å². The molecule has 17 heavy (non-hydrogen) atoms. The van der Waals surface area contributed by atoms with E-state index in [0.29, 0.717) is 6.04 Å². The van der Waals surface area contributed by atoms with Gasteiger partial charge in [-0.2, -0.15) is 0 Å². The van der Waals surface area contributed by atoms with Crippen LogP contribution in [0.3, 0.4) is 0 Å². The van der Waals surface area contributed by atoms with Crippen LogP contribution in [0.2, 0.25) is 0 Å². The Morgan fingerprint density at radius 1 is 1.29 bits per heavy atom. The largest absolute Gasteiger partial charge is 0.330 e. The number of benzene rings is 1. The molecule has 0 saturated heterocycles. The van der Waals surface area contributed by atoms with E-state index in [2.05, 4.69) is 35.5 Å². The van der Waals surface area contributed by atoms with Gasteiger partial charge in [0.15, 0.2) is 0 Å². The van der Waals surface area contributed by atoms with Gasteiger partial charge >= 0.3 is 0 Å². The summed E-state index contributed by atoms with van der Waals surface area (Å²) in [6.07, 6.45) is 4.81. The molecule has 2 aromatic rings. The molecule has 2 N–H and O–H groups in total. The first-order chi connectivity index (χ1) is 8.24. The predicted octanol–water partition coefficient (Wildman–Crippen LogP) is 2.90. The Morgan fingerprint density at radius 2 is 2.00 bits per heavy atom. The first kappa shape index (κ1) is 11.9. The second-order valence-electron chi connectivity index (χ2n) is 4.37. The Bertz CT molecular complexity index is 461. The van der Waals surface area contributed by atoms with E-state index in [9.17, 15) is 0 Å². The van der Waals surface area contributed by atoms with E-state index in [-0.39, 0.29) is 6.04 Å². The van der Waals surface area contributed by atoms with Crippen molar-refractivity contribution in [3.63, 3.8) is 0 Å². The van der Waals surface area contributed by atoms with E-state index in [0.717, 1.165) is 17.7 Å². The Balaban J connectivity index is 2.32. The lowest BCUT2D eigenvalue weighted by atomic mass is 10.0. The van der Waals surface area contributed by atoms with Crippen LogP contribution in [0, 0.1) is 0 Å². The molecule has 0 radical (unpaired) electrons. The number of hydrogen-bond donors (Lipinski definition) is 1. The lowest BCUT2D eigenvalue weighted by Crippen LogP contribution is -2.18. The highest BCUT2D eigenvalue weighted by molar-refractivity contribution is 5.26. The third kappa shape index (κ3) is 2.39. The molecule has 0 aliphatic heterocycles. The second-order valence-corrected chi connectivity index (χ2v) is 4.37. The van der Waals surface area contributed by atoms with Gasteiger partial charge in [-0.25, -0.2) is 4.98 Å². The zero-order chi connectivity index (χ0) is 12.3. The molecule has 3 heteroatoms. The summed E-state index contributed by atoms with van der Waals surface area (Å²) < 4.78 is 2.16. The maximum Gasteiger partial charge on any atom is 0.0951 e. The van der Waals surface area contributed by atoms with Gasteiger partial charge in [-0.1, -0.05) is 37.3 Å². The Kier molecular flexibility index (Phi) is 3.59. The topological polar surface area (TPSA) is 43.8 Å². The van der Waals surface area contributed by atoms with Crippen molar-refractivity contribution < 1.29 is 0 Å². The molecule has 0 aliphatic rings. The van der Waals surface area contributed by atoms with E-state index >= 15 is 0 Å². The number of hydrogen-bond acceptors (Lipinski definition) is 2. The van der Waals surface area contributed by atoms with Gasteiger partial charge in [0.1, 0.15) is 0 Å². The smallest absolute Gasteiger partial charge is 0.0951 e. The lowest BCUT2D eigenvalue weighted by molar-refractivity contribution is 0.504. The molecule has 1 heterocycles. The molecule has 0 aliphatic carbocycles. The van der Waals surface area contributed by atoms with E-state index in [1.165, 1.54) is 0 Å². The number of imidazole rings is 1. The Morgan fingerprint density at radius 3 is 2.65 bits per heavy atom. The number of nitrogens with zero attached hydrogens (tertiary/aromatic N) is 2. The van der Waals surface area contributed by atoms with Crippen LogP contribution in [0.5, 0.6) is 0 Å². The van der Waals surface area contributed by atoms with E-state index in [1.54, 1.807) is 0 Å². The highest BCUT2D eigenvalue weighted by Gasteiger charge is 2.15. The molecular formula is C14H19N3. The van der Waals surface area contributed by atoms with Crippen molar-refractivity contribution in [1.82, 2.24) is 9.55 Å². The normalized spacial score (nSPS) is 14.5. The summed E-state index contributed by atoms with van der Waals surface area (Å²) in [5, 5.41) is 0. The van der Waals surface area contributed by atoms with Crippen LogP contribution in [0.1, 0.15) is 43.6 Å². The fourth-order valence-electron chi connectivity index (χ4n) is 1.95. The van der Waals surface area contributed by atoms with Crippen molar-refractivity contribution in [2.45, 2.75) is 32.4 Å². The first-order valence-electron chi connectivity index (χ1n) is 6.06. The minimum Gasteiger partial charge on any atom is -0.330 e. The van der Waals surface area contributed by atoms with Crippen LogP contribution in [0.4, 0.5) is 0 Å². The summed E-state index contributed by atoms with van der Waals surface area (Å²) in [6, 6.07) is 10.5. The molecule has 0 amide bonds. The Hall–Kier alpha value is -1.61. The highest BCUT2D eigenvalue weighted by atomic mass is 15.1. The first-order valence-corrected chi connectivity index (χ1v) is 6.06. The molecule has 2 rings (SSSR count). The van der Waals surface area contributed by atoms with Crippen molar-refractivity contribution in [2.24, 2.45) is 5.73 Å². The molecule has 0 saturated carbocycles. The molecule has 1 aromatic heterocycles. The number of nitrogens with two attached hydrogens (primary N) is 1. The van der Waals surface area contributed by atoms with Crippen LogP contribution >= 0.6 is 0 Å². The summed E-state index contributed by atoms with van der Waals surface area (Å²) in [5.41, 5.74) is 8.49. The maximum atomic E-state index is 6.29. The minimum atomic E-state index is -0.104. The summed E-state index contributed by atoms with van der Waals surface area (Å²) in [5.74, 6) is 0. The van der Waals surface area contributed by atoms with Crippen LogP contribution < -0.4 is 5.73 Å². The average molecular weight is 229 g/mol. The summed E-state index contributed by atoms with van der Waals surface area (Å²) >= 11 is 0. The third-order valence-electron chi connectivity index (χ3n) is 3.24. The van der Waals surface area contributed by atoms with Crippen molar-refractivity contribution in [3.8, 4) is 0 Å². The summed E-state index contributed by atoms with van der Waals surface area (Å²) in [6.45, 7) is 4.35. The monoisotopic (exact) mass is 229 g/mol. The van der Waals surface area contributed by atoms with Gasteiger partial charge < -0.3 is 10.3 Å². The van der Waals surface area contributed by atoms with Gasteiger partial charge in [-0.05, 0) is 18.9 Å². The third-order valence-corrected chi connectivity index (χ3v) is 3.24. The van der Waals surface area contributed by atoms with Crippen molar-refractivity contribution in [2.75, 3.05) is 0 Å². The van der Waals surface area contributed by atoms with E-state index < -0.39 is 0 Å². The van der Waals surface area contributed by atoms with E-state index in [4.69, 9.17) is 5.73 Å². The maximum absolute atomic E-state index is 6.29. The highest BCUT2D eigenvalue weighted by Crippen LogP contribution is 2.22. The summed E-state index contributed by atoms with van der Waals surface area (Å²) in [7, 11) is 0. The van der Waals surface area contributed by atoms with Gasteiger partial charge in [0.05, 0.1) is 24.3 Å². The summed E-state index contributed by atoms with van der Waals surface area (Å²) in [4.78, 5) is 4.22. The molecule has 2 unspecified atom stereocenters. The molecule has 0 fully saturated rings. The molecule has 1 aromatic carbocycles. The number of aromatic nitrogens is 2. The van der Waals surface area contributed by atoms with Gasteiger partial charge in [-0.15, -0.1) is 0 Å². The van der Waals surface area contributed by atoms with Crippen molar-refractivity contribution in [3.05, 3.63) is 54.1 Å². The standard InChI is InChI=1S/C14H19N3/c1-3-11(2)17-10-16-9-13(17)14(15)12-7-5-4-6-8-12/h4-11,14H,3,15H2,1-2H3. The van der Waals surface area contributed by atoms with Gasteiger partial charge in [0.2, 0.25) is 0 Å². The molecule has 2 atom stereocenters. The molecule has 0 bridgehead atoms. The van der Waals surface area contributed by atoms with Crippen LogP contribution in [0.15, 0.2) is 42.9 Å². The number of rotatable bonds is 4. The lowest BCUT2D eigenvalue weighted by Gasteiger charge is -2.19. The van der Waals surface area contributed by atoms with Crippen molar-refractivity contribution in [1.29, 1.82) is 0 Å². The predicted molar refractivity (Wildman–Crippen MR) is 69.7 cm³/mol. The zero-order valence-corrected chi connectivity index (χ0v) is 10.4. The second kappa shape index (κ2) is 5.15. The SMILES string of the molecule is CCC(C)n1cncc1C(N)c1ccccc1.